The Morgan fingerprint density at radius 3 is 2.22 bits per heavy atom. The lowest BCUT2D eigenvalue weighted by atomic mass is 9.85. The zero-order chi connectivity index (χ0) is 66.7. The lowest BCUT2D eigenvalue weighted by Gasteiger charge is -2.36. The molecule has 3 aliphatic heterocycles. The van der Waals surface area contributed by atoms with E-state index in [1.807, 2.05) is 79.4 Å². The number of aryl methyl sites for hydroxylation is 1. The molecule has 0 radical (unpaired) electrons. The van der Waals surface area contributed by atoms with Crippen molar-refractivity contribution in [2.75, 3.05) is 109 Å². The number of amides is 7. The number of rotatable bonds is 27. The summed E-state index contributed by atoms with van der Waals surface area (Å²) in [6.07, 6.45) is 2.42. The van der Waals surface area contributed by atoms with Crippen LogP contribution in [0.2, 0.25) is 0 Å². The first-order chi connectivity index (χ1) is 45.2. The maximum atomic E-state index is 14.8. The van der Waals surface area contributed by atoms with Gasteiger partial charge in [0.1, 0.15) is 29.4 Å². The normalized spacial score (nSPS) is 19.4. The Kier molecular flexibility index (Phi) is 22.5. The standard InChI is InChI=1S/C67H84F2N14O10S/c1-42-57(78-83(49-13-8-7-9-14-49)60(42)77-65(90)75-53-40-79(27-30-91-6)39-51(53)46-11-10-12-48(68)33-46)47-36-71-64(72-37-47)81-25-23-80(24-26-81)56(86)19-28-92-31-32-93-29-22-70-55(85)35-52(44-15-17-45(18-16-44)58-43(2)73-41-94-58)74-61(87)54-34-50(84)38-82(54)62(88)59(66(3,4)5)76-63(89)67(69)20-21-67/h7-18,33,36-37,41,50-54,59,84H,19-32,34-35,38-40H2,1-6H3,(H,70,85)(H,74,87)(H,76,89)(H2,75,77,90)/t50-,51+,52+,53-,54+,59-/m1/s1. The molecule has 3 aromatic heterocycles. The fraction of sp³-hybridized carbons (Fsp3) is 0.493. The molecular weight excluding hydrogens is 1230 g/mol. The molecule has 94 heavy (non-hydrogen) atoms. The molecule has 0 bridgehead atoms. The minimum Gasteiger partial charge on any atom is -0.391 e. The molecule has 6 atom stereocenters. The molecule has 0 unspecified atom stereocenters. The number of aliphatic hydroxyl groups is 1. The smallest absolute Gasteiger partial charge is 0.320 e. The Labute approximate surface area is 549 Å². The van der Waals surface area contributed by atoms with Gasteiger partial charge in [0.25, 0.3) is 5.91 Å². The number of aromatic nitrogens is 5. The number of hydrogen-bond acceptors (Lipinski definition) is 17. The van der Waals surface area contributed by atoms with E-state index in [1.54, 1.807) is 61.4 Å². The van der Waals surface area contributed by atoms with Crippen LogP contribution < -0.4 is 31.5 Å². The first-order valence-electron chi connectivity index (χ1n) is 31.9. The van der Waals surface area contributed by atoms with E-state index in [4.69, 9.17) is 29.3 Å². The van der Waals surface area contributed by atoms with Crippen LogP contribution in [0.1, 0.15) is 87.2 Å². The maximum absolute atomic E-state index is 14.8. The quantitative estimate of drug-likeness (QED) is 0.0329. The van der Waals surface area contributed by atoms with E-state index in [2.05, 4.69) is 36.5 Å². The lowest BCUT2D eigenvalue weighted by Crippen LogP contribution is -2.59. The number of piperazine rings is 1. The Balaban J connectivity index is 0.658. The fourth-order valence-corrected chi connectivity index (χ4v) is 12.9. The summed E-state index contributed by atoms with van der Waals surface area (Å²) in [7, 11) is 1.65. The molecule has 1 saturated carbocycles. The number of ether oxygens (including phenoxy) is 3. The van der Waals surface area contributed by atoms with Crippen LogP contribution in [0.25, 0.3) is 27.4 Å². The Morgan fingerprint density at radius 1 is 0.830 bits per heavy atom. The molecule has 0 spiro atoms. The molecular formula is C67H84F2N14O10S. The monoisotopic (exact) mass is 1310 g/mol. The highest BCUT2D eigenvalue weighted by Crippen LogP contribution is 2.41. The highest BCUT2D eigenvalue weighted by molar-refractivity contribution is 7.13. The molecule has 4 fully saturated rings. The van der Waals surface area contributed by atoms with Crippen molar-refractivity contribution in [1.82, 2.24) is 60.7 Å². The summed E-state index contributed by atoms with van der Waals surface area (Å²) in [5.74, 6) is -2.04. The van der Waals surface area contributed by atoms with E-state index in [0.29, 0.717) is 86.6 Å². The van der Waals surface area contributed by atoms with E-state index in [1.165, 1.54) is 28.4 Å². The number of para-hydroxylation sites is 1. The molecule has 3 saturated heterocycles. The van der Waals surface area contributed by atoms with Gasteiger partial charge in [-0.15, -0.1) is 11.3 Å². The SMILES string of the molecule is COCCN1C[C@@H](NC(=O)Nc2c(C)c(-c3cnc(N4CCN(C(=O)CCOCCOCCNC(=O)C[C@H](NC(=O)[C@@H]5C[C@@H](O)CN5C(=O)[C@@H](NC(=O)C5(F)CC5)C(C)(C)C)c5ccc(-c6scnc6C)cc5)CC4)nc3)nn2-c2ccccc2)[C@H](c2cccc(F)c2)C1. The molecule has 6 heterocycles. The molecule has 10 rings (SSSR count). The van der Waals surface area contributed by atoms with Gasteiger partial charge in [-0.25, -0.2) is 33.2 Å². The number of carbonyl (C=O) groups is 6. The number of urea groups is 1. The van der Waals surface area contributed by atoms with Crippen molar-refractivity contribution in [1.29, 1.82) is 0 Å². The van der Waals surface area contributed by atoms with Crippen LogP contribution in [-0.2, 0) is 38.2 Å². The van der Waals surface area contributed by atoms with Crippen LogP contribution in [0.5, 0.6) is 0 Å². The van der Waals surface area contributed by atoms with Crippen LogP contribution in [0.15, 0.2) is 96.8 Å². The Morgan fingerprint density at radius 2 is 1.55 bits per heavy atom. The molecule has 3 aromatic carbocycles. The minimum atomic E-state index is -2.03. The second kappa shape index (κ2) is 30.8. The zero-order valence-corrected chi connectivity index (χ0v) is 54.8. The number of alkyl halides is 1. The summed E-state index contributed by atoms with van der Waals surface area (Å²) < 4.78 is 47.7. The van der Waals surface area contributed by atoms with Crippen LogP contribution in [0.3, 0.4) is 0 Å². The van der Waals surface area contributed by atoms with Crippen molar-refractivity contribution < 1.29 is 56.9 Å². The number of methoxy groups -OCH3 is 1. The van der Waals surface area contributed by atoms with E-state index in [-0.39, 0.29) is 101 Å². The van der Waals surface area contributed by atoms with Gasteiger partial charge >= 0.3 is 6.03 Å². The van der Waals surface area contributed by atoms with Gasteiger partial charge in [-0.3, -0.25) is 34.2 Å². The van der Waals surface area contributed by atoms with Crippen LogP contribution in [0, 0.1) is 25.1 Å². The van der Waals surface area contributed by atoms with Gasteiger partial charge in [0.15, 0.2) is 5.67 Å². The van der Waals surface area contributed by atoms with Gasteiger partial charge in [0, 0.05) is 102 Å². The number of aliphatic hydroxyl groups excluding tert-OH is 1. The molecule has 502 valence electrons. The van der Waals surface area contributed by atoms with Crippen LogP contribution >= 0.6 is 11.3 Å². The Bertz CT molecular complexity index is 3600. The predicted octanol–water partition coefficient (Wildman–Crippen LogP) is 5.88. The van der Waals surface area contributed by atoms with Crippen molar-refractivity contribution in [2.24, 2.45) is 5.41 Å². The van der Waals surface area contributed by atoms with Gasteiger partial charge in [-0.05, 0) is 73.1 Å². The number of hydrogen-bond donors (Lipinski definition) is 6. The van der Waals surface area contributed by atoms with Gasteiger partial charge in [-0.2, -0.15) is 5.10 Å². The molecule has 1 aliphatic carbocycles. The summed E-state index contributed by atoms with van der Waals surface area (Å²) in [5.41, 5.74) is 4.72. The molecule has 24 nitrogen and oxygen atoms in total. The van der Waals surface area contributed by atoms with Crippen molar-refractivity contribution in [3.63, 3.8) is 0 Å². The van der Waals surface area contributed by atoms with E-state index in [0.717, 1.165) is 27.4 Å². The summed E-state index contributed by atoms with van der Waals surface area (Å²) in [6, 6.07) is 19.5. The predicted molar refractivity (Wildman–Crippen MR) is 349 cm³/mol. The van der Waals surface area contributed by atoms with E-state index >= 15 is 0 Å². The van der Waals surface area contributed by atoms with Crippen molar-refractivity contribution in [2.45, 2.75) is 109 Å². The third-order valence-corrected chi connectivity index (χ3v) is 18.5. The van der Waals surface area contributed by atoms with Gasteiger partial charge < -0.3 is 55.3 Å². The maximum Gasteiger partial charge on any atom is 0.320 e. The number of halogens is 2. The molecule has 6 N–H and O–H groups in total. The summed E-state index contributed by atoms with van der Waals surface area (Å²) >= 11 is 1.49. The summed E-state index contributed by atoms with van der Waals surface area (Å²) in [6.45, 7) is 14.1. The van der Waals surface area contributed by atoms with Crippen molar-refractivity contribution >= 4 is 58.7 Å². The van der Waals surface area contributed by atoms with Crippen molar-refractivity contribution in [3.05, 3.63) is 125 Å². The average Bonchev–Trinajstić information content (AvgIpc) is 1.62. The molecule has 7 amide bonds. The third kappa shape index (κ3) is 17.1. The zero-order valence-electron chi connectivity index (χ0n) is 53.9. The van der Waals surface area contributed by atoms with Gasteiger partial charge in [-0.1, -0.05) is 75.4 Å². The summed E-state index contributed by atoms with van der Waals surface area (Å²) in [4.78, 5) is 104. The van der Waals surface area contributed by atoms with Gasteiger partial charge in [0.2, 0.25) is 29.6 Å². The number of β-amino-alcohol motifs (C(OH)–C–C–N with tert-alkyl or cyclic N) is 1. The number of anilines is 2. The second-order valence-corrected chi connectivity index (χ2v) is 26.3. The largest absolute Gasteiger partial charge is 0.391 e. The number of nitrogens with one attached hydrogen (secondary N) is 5. The van der Waals surface area contributed by atoms with E-state index < -0.39 is 59.1 Å². The van der Waals surface area contributed by atoms with E-state index in [9.17, 15) is 42.7 Å². The second-order valence-electron chi connectivity index (χ2n) is 25.4. The third-order valence-electron chi connectivity index (χ3n) is 17.6. The summed E-state index contributed by atoms with van der Waals surface area (Å²) in [5, 5.41) is 30.4. The first kappa shape index (κ1) is 68.5. The lowest BCUT2D eigenvalue weighted by molar-refractivity contribution is -0.145. The molecule has 6 aromatic rings. The van der Waals surface area contributed by atoms with Crippen LogP contribution in [-0.4, -0.2) is 209 Å². The topological polar surface area (TPSA) is 280 Å². The number of thiazole rings is 1. The van der Waals surface area contributed by atoms with Crippen molar-refractivity contribution in [3.8, 4) is 27.4 Å². The number of likely N-dealkylation sites (tertiary alicyclic amines) is 2. The highest BCUT2D eigenvalue weighted by atomic mass is 32.1. The Hall–Kier alpha value is -8.34. The van der Waals surface area contributed by atoms with Gasteiger partial charge in [0.05, 0.1) is 85.8 Å². The average molecular weight is 1320 g/mol. The molecule has 27 heteroatoms. The minimum absolute atomic E-state index is 0.0478. The fourth-order valence-electron chi connectivity index (χ4n) is 12.1. The number of nitrogens with zero attached hydrogens (tertiary/aromatic N) is 9. The highest BCUT2D eigenvalue weighted by Gasteiger charge is 2.53. The number of benzene rings is 3. The molecule has 4 aliphatic rings. The number of carbonyl (C=O) groups excluding carboxylic acids is 6. The van der Waals surface area contributed by atoms with Crippen LogP contribution in [0.4, 0.5) is 25.3 Å². The first-order valence-corrected chi connectivity index (χ1v) is 32.8.